The van der Waals surface area contributed by atoms with Gasteiger partial charge in [-0.05, 0) is 47.4 Å². The van der Waals surface area contributed by atoms with Crippen LogP contribution < -0.4 is 10.6 Å². The molecule has 0 spiro atoms. The van der Waals surface area contributed by atoms with Crippen LogP contribution in [-0.2, 0) is 14.3 Å². The molecule has 0 aromatic heterocycles. The highest BCUT2D eigenvalue weighted by atomic mass is 16.5. The zero-order chi connectivity index (χ0) is 23.2. The minimum absolute atomic E-state index is 0.0110. The Labute approximate surface area is 193 Å². The van der Waals surface area contributed by atoms with E-state index in [2.05, 4.69) is 34.9 Å². The van der Waals surface area contributed by atoms with Gasteiger partial charge in [0.1, 0.15) is 6.61 Å². The van der Waals surface area contributed by atoms with E-state index in [1.807, 2.05) is 24.3 Å². The lowest BCUT2D eigenvalue weighted by Gasteiger charge is -2.33. The summed E-state index contributed by atoms with van der Waals surface area (Å²) < 4.78 is 5.58. The van der Waals surface area contributed by atoms with Crippen LogP contribution in [0.2, 0.25) is 0 Å². The summed E-state index contributed by atoms with van der Waals surface area (Å²) in [6, 6.07) is 16.3. The summed E-state index contributed by atoms with van der Waals surface area (Å²) in [6.07, 6.45) is 2.88. The molecule has 1 unspecified atom stereocenters. The number of amides is 2. The van der Waals surface area contributed by atoms with Gasteiger partial charge in [-0.1, -0.05) is 55.0 Å². The maximum absolute atomic E-state index is 12.6. The third-order valence-electron chi connectivity index (χ3n) is 6.73. The molecule has 7 heteroatoms. The molecular formula is C26H30N2O5. The molecular weight excluding hydrogens is 420 g/mol. The summed E-state index contributed by atoms with van der Waals surface area (Å²) in [6.45, 7) is 0.765. The van der Waals surface area contributed by atoms with E-state index in [-0.39, 0.29) is 43.2 Å². The van der Waals surface area contributed by atoms with Crippen molar-refractivity contribution in [3.8, 4) is 11.1 Å². The molecule has 1 saturated carbocycles. The number of alkyl carbamates (subject to hydrolysis) is 1. The van der Waals surface area contributed by atoms with Gasteiger partial charge in [0, 0.05) is 25.4 Å². The van der Waals surface area contributed by atoms with Gasteiger partial charge in [0.25, 0.3) is 0 Å². The predicted molar refractivity (Wildman–Crippen MR) is 124 cm³/mol. The predicted octanol–water partition coefficient (Wildman–Crippen LogP) is 3.92. The minimum atomic E-state index is -0.878. The second-order valence-corrected chi connectivity index (χ2v) is 8.79. The summed E-state index contributed by atoms with van der Waals surface area (Å²) in [5, 5.41) is 14.3. The molecule has 0 heterocycles. The number of hydrogen-bond donors (Lipinski definition) is 3. The molecule has 0 radical (unpaired) electrons. The van der Waals surface area contributed by atoms with Crippen molar-refractivity contribution in [1.29, 1.82) is 0 Å². The van der Waals surface area contributed by atoms with Crippen molar-refractivity contribution in [3.63, 3.8) is 0 Å². The van der Waals surface area contributed by atoms with Gasteiger partial charge >= 0.3 is 12.1 Å². The zero-order valence-corrected chi connectivity index (χ0v) is 18.6. The summed E-state index contributed by atoms with van der Waals surface area (Å²) in [7, 11) is 0. The summed E-state index contributed by atoms with van der Waals surface area (Å²) in [5.41, 5.74) is 4.65. The topological polar surface area (TPSA) is 105 Å². The molecule has 3 N–H and O–H groups in total. The fourth-order valence-corrected chi connectivity index (χ4v) is 4.74. The highest BCUT2D eigenvalue weighted by Gasteiger charge is 2.33. The lowest BCUT2D eigenvalue weighted by atomic mass is 9.75. The van der Waals surface area contributed by atoms with Crippen LogP contribution in [0.4, 0.5) is 4.79 Å². The van der Waals surface area contributed by atoms with Crippen molar-refractivity contribution in [2.24, 2.45) is 11.8 Å². The number of fused-ring (bicyclic) bond motifs is 3. The normalized spacial score (nSPS) is 15.6. The Kier molecular flexibility index (Phi) is 7.27. The summed E-state index contributed by atoms with van der Waals surface area (Å²) >= 11 is 0. The first-order chi connectivity index (χ1) is 16.0. The van der Waals surface area contributed by atoms with Crippen LogP contribution >= 0.6 is 0 Å². The van der Waals surface area contributed by atoms with Crippen molar-refractivity contribution >= 4 is 18.0 Å². The van der Waals surface area contributed by atoms with Gasteiger partial charge in [-0.25, -0.2) is 4.79 Å². The molecule has 0 bridgehead atoms. The molecule has 2 aliphatic rings. The number of carbonyl (C=O) groups excluding carboxylic acids is 2. The van der Waals surface area contributed by atoms with Crippen molar-refractivity contribution in [2.45, 2.75) is 38.0 Å². The monoisotopic (exact) mass is 450 g/mol. The maximum Gasteiger partial charge on any atom is 0.407 e. The van der Waals surface area contributed by atoms with Crippen LogP contribution in [0.25, 0.3) is 11.1 Å². The third-order valence-corrected chi connectivity index (χ3v) is 6.73. The number of benzene rings is 2. The van der Waals surface area contributed by atoms with Crippen LogP contribution in [0.5, 0.6) is 0 Å². The molecule has 2 aromatic carbocycles. The van der Waals surface area contributed by atoms with Gasteiger partial charge in [0.2, 0.25) is 5.91 Å². The van der Waals surface area contributed by atoms with Crippen LogP contribution in [0.15, 0.2) is 48.5 Å². The van der Waals surface area contributed by atoms with Gasteiger partial charge in [-0.2, -0.15) is 0 Å². The van der Waals surface area contributed by atoms with Gasteiger partial charge in [0.05, 0.1) is 5.92 Å². The van der Waals surface area contributed by atoms with Crippen molar-refractivity contribution in [2.75, 3.05) is 19.7 Å². The molecule has 1 atom stereocenters. The van der Waals surface area contributed by atoms with Crippen LogP contribution in [0.1, 0.15) is 49.1 Å². The fourth-order valence-electron chi connectivity index (χ4n) is 4.74. The molecule has 174 valence electrons. The number of ether oxygens (including phenoxy) is 1. The first-order valence-electron chi connectivity index (χ1n) is 11.6. The van der Waals surface area contributed by atoms with Crippen LogP contribution in [0.3, 0.4) is 0 Å². The fraction of sp³-hybridized carbons (Fsp3) is 0.423. The number of rotatable bonds is 10. The average molecular weight is 451 g/mol. The van der Waals surface area contributed by atoms with E-state index >= 15 is 0 Å². The molecule has 7 nitrogen and oxygen atoms in total. The van der Waals surface area contributed by atoms with E-state index in [0.29, 0.717) is 13.0 Å². The Morgan fingerprint density at radius 2 is 1.61 bits per heavy atom. The van der Waals surface area contributed by atoms with Gasteiger partial charge in [-0.3, -0.25) is 9.59 Å². The largest absolute Gasteiger partial charge is 0.481 e. The smallest absolute Gasteiger partial charge is 0.407 e. The number of nitrogens with one attached hydrogen (secondary N) is 2. The molecule has 33 heavy (non-hydrogen) atoms. The van der Waals surface area contributed by atoms with Crippen LogP contribution in [-0.4, -0.2) is 42.8 Å². The van der Waals surface area contributed by atoms with Gasteiger partial charge in [-0.15, -0.1) is 0 Å². The first kappa shape index (κ1) is 22.8. The van der Waals surface area contributed by atoms with Gasteiger partial charge in [0.15, 0.2) is 0 Å². The Balaban J connectivity index is 1.30. The van der Waals surface area contributed by atoms with E-state index < -0.39 is 12.1 Å². The Morgan fingerprint density at radius 3 is 2.18 bits per heavy atom. The minimum Gasteiger partial charge on any atom is -0.481 e. The van der Waals surface area contributed by atoms with E-state index in [9.17, 15) is 14.4 Å². The molecule has 2 amide bonds. The molecule has 0 aliphatic heterocycles. The SMILES string of the molecule is O=C(O)CCCNC(=O)C(CNC(=O)OCC1c2ccccc2-c2ccccc21)C1CCC1. The van der Waals surface area contributed by atoms with E-state index in [0.717, 1.165) is 30.4 Å². The maximum atomic E-state index is 12.6. The second kappa shape index (κ2) is 10.5. The summed E-state index contributed by atoms with van der Waals surface area (Å²) in [4.78, 5) is 35.7. The standard InChI is InChI=1S/C26H30N2O5/c29-24(30)13-6-14-27-25(31)22(17-7-5-8-17)15-28-26(32)33-16-23-20-11-3-1-9-18(20)19-10-2-4-12-21(19)23/h1-4,9-12,17,22-23H,5-8,13-16H2,(H,27,31)(H,28,32)(H,29,30). The van der Waals surface area contributed by atoms with Crippen molar-refractivity contribution in [3.05, 3.63) is 59.7 Å². The highest BCUT2D eigenvalue weighted by Crippen LogP contribution is 2.44. The molecule has 2 aliphatic carbocycles. The molecule has 4 rings (SSSR count). The lowest BCUT2D eigenvalue weighted by Crippen LogP contribution is -2.44. The van der Waals surface area contributed by atoms with Gasteiger partial charge < -0.3 is 20.5 Å². The summed E-state index contributed by atoms with van der Waals surface area (Å²) in [5.74, 6) is -1.12. The van der Waals surface area contributed by atoms with E-state index in [1.165, 1.54) is 11.1 Å². The quantitative estimate of drug-likeness (QED) is 0.476. The Morgan fingerprint density at radius 1 is 0.970 bits per heavy atom. The van der Waals surface area contributed by atoms with Crippen molar-refractivity contribution in [1.82, 2.24) is 10.6 Å². The number of aliphatic carboxylic acids is 1. The number of carboxylic acids is 1. The number of hydrogen-bond acceptors (Lipinski definition) is 4. The van der Waals surface area contributed by atoms with Crippen LogP contribution in [0, 0.1) is 11.8 Å². The lowest BCUT2D eigenvalue weighted by molar-refractivity contribution is -0.137. The highest BCUT2D eigenvalue weighted by molar-refractivity contribution is 5.81. The molecule has 1 fully saturated rings. The average Bonchev–Trinajstić information content (AvgIpc) is 3.10. The Hall–Kier alpha value is -3.35. The third kappa shape index (κ3) is 5.35. The zero-order valence-electron chi connectivity index (χ0n) is 18.6. The van der Waals surface area contributed by atoms with Crippen molar-refractivity contribution < 1.29 is 24.2 Å². The Bertz CT molecular complexity index is 972. The molecule has 2 aromatic rings. The number of carboxylic acid groups (broad SMARTS) is 1. The second-order valence-electron chi connectivity index (χ2n) is 8.79. The number of carbonyl (C=O) groups is 3. The first-order valence-corrected chi connectivity index (χ1v) is 11.6. The van der Waals surface area contributed by atoms with E-state index in [4.69, 9.17) is 9.84 Å². The van der Waals surface area contributed by atoms with E-state index in [1.54, 1.807) is 0 Å². The molecule has 0 saturated heterocycles.